The maximum absolute atomic E-state index is 5.74. The molecule has 0 aliphatic heterocycles. The highest BCUT2D eigenvalue weighted by Gasteiger charge is 2.04. The van der Waals surface area contributed by atoms with E-state index in [9.17, 15) is 0 Å². The molecule has 0 radical (unpaired) electrons. The number of rotatable bonds is 5. The van der Waals surface area contributed by atoms with Crippen LogP contribution in [0.5, 0.6) is 5.75 Å². The van der Waals surface area contributed by atoms with Gasteiger partial charge >= 0.3 is 6.01 Å². The first-order valence-corrected chi connectivity index (χ1v) is 5.90. The smallest absolute Gasteiger partial charge is 0.321 e. The zero-order chi connectivity index (χ0) is 13.0. The van der Waals surface area contributed by atoms with Gasteiger partial charge in [-0.05, 0) is 31.9 Å². The van der Waals surface area contributed by atoms with E-state index in [0.29, 0.717) is 25.0 Å². The molecule has 2 rings (SSSR count). The van der Waals surface area contributed by atoms with Crippen molar-refractivity contribution < 1.29 is 9.26 Å². The van der Waals surface area contributed by atoms with Gasteiger partial charge in [-0.1, -0.05) is 23.4 Å². The summed E-state index contributed by atoms with van der Waals surface area (Å²) in [6, 6.07) is 6.53. The van der Waals surface area contributed by atoms with Crippen LogP contribution in [-0.4, -0.2) is 23.3 Å². The fourth-order valence-electron chi connectivity index (χ4n) is 1.71. The lowest BCUT2D eigenvalue weighted by Gasteiger charge is -2.11. The molecule has 5 heteroatoms. The first kappa shape index (κ1) is 12.4. The van der Waals surface area contributed by atoms with Gasteiger partial charge in [0, 0.05) is 0 Å². The second-order valence-corrected chi connectivity index (χ2v) is 4.14. The lowest BCUT2D eigenvalue weighted by Crippen LogP contribution is -2.12. The van der Waals surface area contributed by atoms with Crippen LogP contribution in [0.25, 0.3) is 0 Å². The molecule has 0 atom stereocenters. The van der Waals surface area contributed by atoms with E-state index in [4.69, 9.17) is 9.26 Å². The number of aryl methyl sites for hydroxylation is 3. The molecular formula is C13H17N3O2. The monoisotopic (exact) mass is 247 g/mol. The van der Waals surface area contributed by atoms with E-state index in [1.807, 2.05) is 32.0 Å². The highest BCUT2D eigenvalue weighted by Crippen LogP contribution is 2.21. The summed E-state index contributed by atoms with van der Waals surface area (Å²) in [6.45, 7) is 7.03. The van der Waals surface area contributed by atoms with Crippen LogP contribution in [0.1, 0.15) is 17.0 Å². The standard InChI is InChI=1S/C13H17N3O2/c1-9-5-4-6-10(2)12(9)17-8-7-14-13-15-11(3)16-18-13/h4-6H,7-8H2,1-3H3,(H,14,15,16). The molecule has 18 heavy (non-hydrogen) atoms. The van der Waals surface area contributed by atoms with Crippen LogP contribution in [-0.2, 0) is 0 Å². The number of hydrogen-bond acceptors (Lipinski definition) is 5. The number of anilines is 1. The Morgan fingerprint density at radius 3 is 2.56 bits per heavy atom. The van der Waals surface area contributed by atoms with E-state index in [1.54, 1.807) is 6.92 Å². The third kappa shape index (κ3) is 3.00. The maximum Gasteiger partial charge on any atom is 0.321 e. The molecule has 0 aliphatic carbocycles. The Hall–Kier alpha value is -2.04. The maximum atomic E-state index is 5.74. The summed E-state index contributed by atoms with van der Waals surface area (Å²) in [7, 11) is 0. The van der Waals surface area contributed by atoms with E-state index < -0.39 is 0 Å². The summed E-state index contributed by atoms with van der Waals surface area (Å²) in [4.78, 5) is 4.05. The number of ether oxygens (including phenoxy) is 1. The van der Waals surface area contributed by atoms with Gasteiger partial charge in [0.2, 0.25) is 0 Å². The van der Waals surface area contributed by atoms with E-state index in [0.717, 1.165) is 16.9 Å². The van der Waals surface area contributed by atoms with Gasteiger partial charge in [-0.25, -0.2) is 0 Å². The summed E-state index contributed by atoms with van der Waals surface area (Å²) in [6.07, 6.45) is 0. The Morgan fingerprint density at radius 1 is 1.22 bits per heavy atom. The molecule has 0 bridgehead atoms. The van der Waals surface area contributed by atoms with Crippen LogP contribution < -0.4 is 10.1 Å². The lowest BCUT2D eigenvalue weighted by molar-refractivity contribution is 0.325. The van der Waals surface area contributed by atoms with E-state index >= 15 is 0 Å². The zero-order valence-electron chi connectivity index (χ0n) is 10.9. The number of aromatic nitrogens is 2. The molecule has 5 nitrogen and oxygen atoms in total. The molecule has 96 valence electrons. The van der Waals surface area contributed by atoms with Gasteiger partial charge in [0.05, 0.1) is 6.54 Å². The van der Waals surface area contributed by atoms with Gasteiger partial charge in [0.15, 0.2) is 5.82 Å². The molecule has 2 aromatic rings. The molecule has 0 aliphatic rings. The van der Waals surface area contributed by atoms with Crippen LogP contribution in [0.15, 0.2) is 22.7 Å². The van der Waals surface area contributed by atoms with Crippen molar-refractivity contribution in [3.8, 4) is 5.75 Å². The summed E-state index contributed by atoms with van der Waals surface area (Å²) in [5.74, 6) is 1.56. The minimum absolute atomic E-state index is 0.428. The van der Waals surface area contributed by atoms with Gasteiger partial charge in [-0.15, -0.1) is 0 Å². The van der Waals surface area contributed by atoms with Crippen molar-refractivity contribution in [2.45, 2.75) is 20.8 Å². The van der Waals surface area contributed by atoms with Crippen molar-refractivity contribution in [2.75, 3.05) is 18.5 Å². The molecule has 0 amide bonds. The van der Waals surface area contributed by atoms with Gasteiger partial charge < -0.3 is 14.6 Å². The minimum atomic E-state index is 0.428. The average molecular weight is 247 g/mol. The van der Waals surface area contributed by atoms with Crippen LogP contribution in [0, 0.1) is 20.8 Å². The topological polar surface area (TPSA) is 60.2 Å². The quantitative estimate of drug-likeness (QED) is 0.822. The molecule has 1 aromatic carbocycles. The Balaban J connectivity index is 1.82. The van der Waals surface area contributed by atoms with Crippen molar-refractivity contribution in [3.05, 3.63) is 35.2 Å². The van der Waals surface area contributed by atoms with Gasteiger partial charge in [-0.2, -0.15) is 4.98 Å². The number of hydrogen-bond donors (Lipinski definition) is 1. The van der Waals surface area contributed by atoms with E-state index in [2.05, 4.69) is 15.5 Å². The third-order valence-corrected chi connectivity index (χ3v) is 2.56. The fraction of sp³-hybridized carbons (Fsp3) is 0.385. The summed E-state index contributed by atoms with van der Waals surface area (Å²) in [5, 5.41) is 6.70. The lowest BCUT2D eigenvalue weighted by atomic mass is 10.1. The predicted molar refractivity (Wildman–Crippen MR) is 68.9 cm³/mol. The number of para-hydroxylation sites is 1. The van der Waals surface area contributed by atoms with E-state index in [1.165, 1.54) is 0 Å². The van der Waals surface area contributed by atoms with Crippen LogP contribution in [0.4, 0.5) is 6.01 Å². The van der Waals surface area contributed by atoms with Crippen LogP contribution >= 0.6 is 0 Å². The van der Waals surface area contributed by atoms with Crippen molar-refractivity contribution in [2.24, 2.45) is 0 Å². The second-order valence-electron chi connectivity index (χ2n) is 4.14. The SMILES string of the molecule is Cc1noc(NCCOc2c(C)cccc2C)n1. The molecule has 0 saturated heterocycles. The summed E-state index contributed by atoms with van der Waals surface area (Å²) >= 11 is 0. The second kappa shape index (κ2) is 5.53. The van der Waals surface area contributed by atoms with Gasteiger partial charge in [-0.3, -0.25) is 0 Å². The fourth-order valence-corrected chi connectivity index (χ4v) is 1.71. The zero-order valence-corrected chi connectivity index (χ0v) is 10.9. The van der Waals surface area contributed by atoms with Crippen molar-refractivity contribution in [1.82, 2.24) is 10.1 Å². The summed E-state index contributed by atoms with van der Waals surface area (Å²) < 4.78 is 10.7. The highest BCUT2D eigenvalue weighted by molar-refractivity contribution is 5.39. The Labute approximate surface area is 106 Å². The van der Waals surface area contributed by atoms with Gasteiger partial charge in [0.25, 0.3) is 0 Å². The summed E-state index contributed by atoms with van der Waals surface area (Å²) in [5.41, 5.74) is 2.28. The van der Waals surface area contributed by atoms with Crippen LogP contribution in [0.2, 0.25) is 0 Å². The normalized spacial score (nSPS) is 10.4. The third-order valence-electron chi connectivity index (χ3n) is 2.56. The molecule has 0 fully saturated rings. The molecular weight excluding hydrogens is 230 g/mol. The Kier molecular flexibility index (Phi) is 3.82. The Bertz CT molecular complexity index is 502. The Morgan fingerprint density at radius 2 is 1.94 bits per heavy atom. The van der Waals surface area contributed by atoms with Crippen LogP contribution in [0.3, 0.4) is 0 Å². The first-order chi connectivity index (χ1) is 8.66. The molecule has 1 aromatic heterocycles. The highest BCUT2D eigenvalue weighted by atomic mass is 16.5. The molecule has 0 saturated carbocycles. The van der Waals surface area contributed by atoms with E-state index in [-0.39, 0.29) is 0 Å². The molecule has 1 heterocycles. The predicted octanol–water partition coefficient (Wildman–Crippen LogP) is 2.49. The minimum Gasteiger partial charge on any atom is -0.491 e. The average Bonchev–Trinajstić information content (AvgIpc) is 2.73. The van der Waals surface area contributed by atoms with Crippen molar-refractivity contribution >= 4 is 6.01 Å². The number of nitrogens with one attached hydrogen (secondary N) is 1. The molecule has 0 unspecified atom stereocenters. The van der Waals surface area contributed by atoms with Crippen molar-refractivity contribution in [3.63, 3.8) is 0 Å². The number of nitrogens with zero attached hydrogens (tertiary/aromatic N) is 2. The largest absolute Gasteiger partial charge is 0.491 e. The number of benzene rings is 1. The molecule has 0 spiro atoms. The van der Waals surface area contributed by atoms with Gasteiger partial charge in [0.1, 0.15) is 12.4 Å². The van der Waals surface area contributed by atoms with Crippen molar-refractivity contribution in [1.29, 1.82) is 0 Å². The molecule has 1 N–H and O–H groups in total. The first-order valence-electron chi connectivity index (χ1n) is 5.90.